The second-order valence-corrected chi connectivity index (χ2v) is 4.65. The molecule has 0 aliphatic carbocycles. The van der Waals surface area contributed by atoms with Crippen LogP contribution in [-0.2, 0) is 7.05 Å². The monoisotopic (exact) mass is 262 g/mol. The van der Waals surface area contributed by atoms with E-state index in [-0.39, 0.29) is 0 Å². The quantitative estimate of drug-likeness (QED) is 0.676. The summed E-state index contributed by atoms with van der Waals surface area (Å²) in [5, 5.41) is 0. The summed E-state index contributed by atoms with van der Waals surface area (Å²) in [6.07, 6.45) is 2.50. The van der Waals surface area contributed by atoms with Gasteiger partial charge in [0.05, 0.1) is 12.0 Å². The number of aromatic nitrogens is 2. The van der Waals surface area contributed by atoms with E-state index in [0.29, 0.717) is 5.69 Å². The minimum atomic E-state index is 0.595. The van der Waals surface area contributed by atoms with Gasteiger partial charge in [-0.05, 0) is 11.1 Å². The van der Waals surface area contributed by atoms with Gasteiger partial charge < -0.3 is 4.57 Å². The maximum Gasteiger partial charge on any atom is 0.168 e. The Labute approximate surface area is 117 Å². The van der Waals surface area contributed by atoms with Crippen LogP contribution in [0.1, 0.15) is 10.5 Å². The molecular weight excluding hydrogens is 248 g/mol. The van der Waals surface area contributed by atoms with E-state index >= 15 is 0 Å². The van der Waals surface area contributed by atoms with Crippen molar-refractivity contribution in [1.82, 2.24) is 9.55 Å². The number of rotatable bonds is 3. The van der Waals surface area contributed by atoms with E-state index in [4.69, 9.17) is 0 Å². The molecule has 3 rings (SSSR count). The van der Waals surface area contributed by atoms with E-state index in [1.807, 2.05) is 49.5 Å². The maximum absolute atomic E-state index is 11.1. The Hall–Kier alpha value is -2.68. The number of imidazole rings is 1. The molecule has 3 nitrogen and oxygen atoms in total. The minimum absolute atomic E-state index is 0.595. The Morgan fingerprint density at radius 3 is 2.15 bits per heavy atom. The van der Waals surface area contributed by atoms with Gasteiger partial charge in [-0.1, -0.05) is 54.6 Å². The van der Waals surface area contributed by atoms with Crippen molar-refractivity contribution in [2.24, 2.45) is 7.05 Å². The molecule has 20 heavy (non-hydrogen) atoms. The summed E-state index contributed by atoms with van der Waals surface area (Å²) in [6, 6.07) is 18.3. The molecule has 0 N–H and O–H groups in total. The molecule has 3 aromatic rings. The Kier molecular flexibility index (Phi) is 3.17. The van der Waals surface area contributed by atoms with Gasteiger partial charge in [-0.25, -0.2) is 4.98 Å². The van der Waals surface area contributed by atoms with Crippen LogP contribution in [0.5, 0.6) is 0 Å². The molecule has 0 amide bonds. The van der Waals surface area contributed by atoms with Crippen LogP contribution in [0.3, 0.4) is 0 Å². The van der Waals surface area contributed by atoms with E-state index in [1.54, 1.807) is 10.9 Å². The van der Waals surface area contributed by atoms with Gasteiger partial charge in [0.2, 0.25) is 0 Å². The summed E-state index contributed by atoms with van der Waals surface area (Å²) < 4.78 is 1.73. The highest BCUT2D eigenvalue weighted by molar-refractivity contribution is 5.84. The van der Waals surface area contributed by atoms with Gasteiger partial charge in [-0.15, -0.1) is 0 Å². The Morgan fingerprint density at radius 1 is 0.900 bits per heavy atom. The summed E-state index contributed by atoms with van der Waals surface area (Å²) in [5.41, 5.74) is 4.60. The molecule has 0 aliphatic rings. The van der Waals surface area contributed by atoms with Crippen molar-refractivity contribution < 1.29 is 4.79 Å². The molecule has 0 unspecified atom stereocenters. The molecule has 0 radical (unpaired) electrons. The molecular formula is C17H14N2O. The summed E-state index contributed by atoms with van der Waals surface area (Å²) in [7, 11) is 1.82. The Morgan fingerprint density at radius 2 is 1.50 bits per heavy atom. The summed E-state index contributed by atoms with van der Waals surface area (Å²) in [6.45, 7) is 0. The number of benzene rings is 2. The molecule has 1 heterocycles. The number of hydrogen-bond acceptors (Lipinski definition) is 2. The largest absolute Gasteiger partial charge is 0.331 e. The lowest BCUT2D eigenvalue weighted by Crippen LogP contribution is -1.94. The lowest BCUT2D eigenvalue weighted by molar-refractivity contribution is 0.111. The molecule has 98 valence electrons. The van der Waals surface area contributed by atoms with E-state index < -0.39 is 0 Å². The Bertz CT molecular complexity index is 727. The SMILES string of the molecule is Cn1cnc(-c2ccc(-c3ccccc3)cc2)c1C=O. The van der Waals surface area contributed by atoms with Crippen molar-refractivity contribution in [2.75, 3.05) is 0 Å². The zero-order valence-corrected chi connectivity index (χ0v) is 11.2. The van der Waals surface area contributed by atoms with Crippen molar-refractivity contribution in [3.8, 4) is 22.4 Å². The first-order chi connectivity index (χ1) is 9.79. The second-order valence-electron chi connectivity index (χ2n) is 4.65. The fraction of sp³-hybridized carbons (Fsp3) is 0.0588. The van der Waals surface area contributed by atoms with Crippen molar-refractivity contribution in [3.05, 3.63) is 66.6 Å². The van der Waals surface area contributed by atoms with Gasteiger partial charge in [0.25, 0.3) is 0 Å². The number of aldehydes is 1. The molecule has 0 atom stereocenters. The van der Waals surface area contributed by atoms with Crippen LogP contribution < -0.4 is 0 Å². The summed E-state index contributed by atoms with van der Waals surface area (Å²) >= 11 is 0. The van der Waals surface area contributed by atoms with Gasteiger partial charge in [-0.2, -0.15) is 0 Å². The first kappa shape index (κ1) is 12.4. The van der Waals surface area contributed by atoms with Crippen molar-refractivity contribution in [2.45, 2.75) is 0 Å². The second kappa shape index (κ2) is 5.13. The third-order valence-corrected chi connectivity index (χ3v) is 3.36. The topological polar surface area (TPSA) is 34.9 Å². The van der Waals surface area contributed by atoms with Crippen LogP contribution in [-0.4, -0.2) is 15.8 Å². The van der Waals surface area contributed by atoms with Crippen LogP contribution in [0, 0.1) is 0 Å². The predicted molar refractivity (Wildman–Crippen MR) is 79.5 cm³/mol. The average molecular weight is 262 g/mol. The van der Waals surface area contributed by atoms with E-state index in [2.05, 4.69) is 17.1 Å². The molecule has 0 aliphatic heterocycles. The van der Waals surface area contributed by atoms with Crippen LogP contribution in [0.4, 0.5) is 0 Å². The van der Waals surface area contributed by atoms with Gasteiger partial charge in [-0.3, -0.25) is 4.79 Å². The zero-order chi connectivity index (χ0) is 13.9. The third kappa shape index (κ3) is 2.14. The highest BCUT2D eigenvalue weighted by Crippen LogP contribution is 2.25. The predicted octanol–water partition coefficient (Wildman–Crippen LogP) is 3.57. The molecule has 0 bridgehead atoms. The molecule has 1 aromatic heterocycles. The number of hydrogen-bond donors (Lipinski definition) is 0. The van der Waals surface area contributed by atoms with Crippen LogP contribution in [0.15, 0.2) is 60.9 Å². The van der Waals surface area contributed by atoms with Gasteiger partial charge >= 0.3 is 0 Å². The first-order valence-electron chi connectivity index (χ1n) is 6.42. The number of aryl methyl sites for hydroxylation is 1. The number of carbonyl (C=O) groups is 1. The average Bonchev–Trinajstić information content (AvgIpc) is 2.89. The smallest absolute Gasteiger partial charge is 0.168 e. The van der Waals surface area contributed by atoms with Gasteiger partial charge in [0.15, 0.2) is 6.29 Å². The van der Waals surface area contributed by atoms with Gasteiger partial charge in [0.1, 0.15) is 5.69 Å². The zero-order valence-electron chi connectivity index (χ0n) is 11.2. The molecule has 3 heteroatoms. The van der Waals surface area contributed by atoms with Crippen LogP contribution in [0.2, 0.25) is 0 Å². The molecule has 0 fully saturated rings. The highest BCUT2D eigenvalue weighted by atomic mass is 16.1. The summed E-state index contributed by atoms with van der Waals surface area (Å²) in [4.78, 5) is 15.4. The molecule has 0 saturated carbocycles. The molecule has 0 saturated heterocycles. The van der Waals surface area contributed by atoms with Gasteiger partial charge in [0, 0.05) is 12.6 Å². The van der Waals surface area contributed by atoms with Crippen molar-refractivity contribution in [3.63, 3.8) is 0 Å². The Balaban J connectivity index is 1.99. The van der Waals surface area contributed by atoms with Crippen molar-refractivity contribution in [1.29, 1.82) is 0 Å². The highest BCUT2D eigenvalue weighted by Gasteiger charge is 2.10. The van der Waals surface area contributed by atoms with E-state index in [0.717, 1.165) is 23.1 Å². The standard InChI is InChI=1S/C17H14N2O/c1-19-12-18-17(16(19)11-20)15-9-7-14(8-10-15)13-5-3-2-4-6-13/h2-12H,1H3. The lowest BCUT2D eigenvalue weighted by atomic mass is 10.0. The normalized spacial score (nSPS) is 10.4. The fourth-order valence-electron chi connectivity index (χ4n) is 2.25. The maximum atomic E-state index is 11.1. The number of carbonyl (C=O) groups excluding carboxylic acids is 1. The molecule has 0 spiro atoms. The lowest BCUT2D eigenvalue weighted by Gasteiger charge is -2.04. The summed E-state index contributed by atoms with van der Waals surface area (Å²) in [5.74, 6) is 0. The minimum Gasteiger partial charge on any atom is -0.331 e. The van der Waals surface area contributed by atoms with Crippen LogP contribution in [0.25, 0.3) is 22.4 Å². The fourth-order valence-corrected chi connectivity index (χ4v) is 2.25. The number of nitrogens with zero attached hydrogens (tertiary/aromatic N) is 2. The van der Waals surface area contributed by atoms with E-state index in [1.165, 1.54) is 5.56 Å². The van der Waals surface area contributed by atoms with Crippen molar-refractivity contribution >= 4 is 6.29 Å². The van der Waals surface area contributed by atoms with Crippen LogP contribution >= 0.6 is 0 Å². The molecule has 2 aromatic carbocycles. The first-order valence-corrected chi connectivity index (χ1v) is 6.42. The van der Waals surface area contributed by atoms with E-state index in [9.17, 15) is 4.79 Å². The third-order valence-electron chi connectivity index (χ3n) is 3.36.